The van der Waals surface area contributed by atoms with Crippen molar-refractivity contribution in [2.45, 2.75) is 38.5 Å². The third-order valence-electron chi connectivity index (χ3n) is 3.48. The Morgan fingerprint density at radius 2 is 1.38 bits per heavy atom. The topological polar surface area (TPSA) is 26.7 Å². The highest BCUT2D eigenvalue weighted by Crippen LogP contribution is 2.07. The van der Waals surface area contributed by atoms with Gasteiger partial charge in [0.25, 0.3) is 0 Å². The fourth-order valence-corrected chi connectivity index (χ4v) is 2.23. The van der Waals surface area contributed by atoms with Gasteiger partial charge in [-0.05, 0) is 26.4 Å². The van der Waals surface area contributed by atoms with Crippen LogP contribution in [0.15, 0.2) is 0 Å². The van der Waals surface area contributed by atoms with Crippen LogP contribution in [0.4, 0.5) is 0 Å². The van der Waals surface area contributed by atoms with Crippen LogP contribution in [0.2, 0.25) is 0 Å². The van der Waals surface area contributed by atoms with Crippen molar-refractivity contribution >= 4 is 0 Å². The van der Waals surface area contributed by atoms with E-state index in [1.165, 1.54) is 64.8 Å². The summed E-state index contributed by atoms with van der Waals surface area (Å²) in [7, 11) is 2.21. The fourth-order valence-electron chi connectivity index (χ4n) is 2.23. The smallest absolute Gasteiger partial charge is 0.0431 e. The zero-order chi connectivity index (χ0) is 11.6. The van der Waals surface area contributed by atoms with Crippen molar-refractivity contribution in [1.82, 2.24) is 9.80 Å². The van der Waals surface area contributed by atoms with Gasteiger partial charge in [0.2, 0.25) is 0 Å². The summed E-state index contributed by atoms with van der Waals surface area (Å²) in [6, 6.07) is 0. The lowest BCUT2D eigenvalue weighted by Crippen LogP contribution is -2.44. The molecule has 1 aliphatic heterocycles. The van der Waals surface area contributed by atoms with Crippen molar-refractivity contribution < 1.29 is 5.11 Å². The van der Waals surface area contributed by atoms with Gasteiger partial charge in [-0.15, -0.1) is 0 Å². The number of piperazine rings is 1. The fraction of sp³-hybridized carbons (Fsp3) is 1.00. The molecule has 3 nitrogen and oxygen atoms in total. The molecule has 0 aromatic rings. The molecule has 1 saturated heterocycles. The Morgan fingerprint density at radius 3 is 2.00 bits per heavy atom. The molecular formula is C13H28N2O. The summed E-state index contributed by atoms with van der Waals surface area (Å²) in [6.45, 7) is 6.62. The largest absolute Gasteiger partial charge is 0.396 e. The molecule has 0 aromatic heterocycles. The van der Waals surface area contributed by atoms with Crippen molar-refractivity contribution in [2.24, 2.45) is 0 Å². The van der Waals surface area contributed by atoms with E-state index in [2.05, 4.69) is 16.8 Å². The van der Waals surface area contributed by atoms with E-state index in [0.717, 1.165) is 6.42 Å². The molecule has 16 heavy (non-hydrogen) atoms. The minimum atomic E-state index is 0.362. The van der Waals surface area contributed by atoms with Crippen molar-refractivity contribution in [3.8, 4) is 0 Å². The maximum absolute atomic E-state index is 8.65. The van der Waals surface area contributed by atoms with Gasteiger partial charge < -0.3 is 14.9 Å². The van der Waals surface area contributed by atoms with Gasteiger partial charge in [0, 0.05) is 32.8 Å². The highest BCUT2D eigenvalue weighted by molar-refractivity contribution is 4.68. The molecule has 1 fully saturated rings. The van der Waals surface area contributed by atoms with Crippen LogP contribution in [0.5, 0.6) is 0 Å². The van der Waals surface area contributed by atoms with Gasteiger partial charge in [0.1, 0.15) is 0 Å². The number of rotatable bonds is 8. The highest BCUT2D eigenvalue weighted by Gasteiger charge is 2.12. The zero-order valence-electron chi connectivity index (χ0n) is 10.8. The number of unbranched alkanes of at least 4 members (excludes halogenated alkanes) is 5. The van der Waals surface area contributed by atoms with E-state index in [1.54, 1.807) is 0 Å². The summed E-state index contributed by atoms with van der Waals surface area (Å²) in [5.74, 6) is 0. The van der Waals surface area contributed by atoms with Gasteiger partial charge in [-0.25, -0.2) is 0 Å². The maximum Gasteiger partial charge on any atom is 0.0431 e. The van der Waals surface area contributed by atoms with Crippen LogP contribution in [0.1, 0.15) is 38.5 Å². The van der Waals surface area contributed by atoms with Gasteiger partial charge in [0.15, 0.2) is 0 Å². The highest BCUT2D eigenvalue weighted by atomic mass is 16.2. The summed E-state index contributed by atoms with van der Waals surface area (Å²) in [4.78, 5) is 5.00. The van der Waals surface area contributed by atoms with E-state index in [4.69, 9.17) is 5.11 Å². The SMILES string of the molecule is CN1CCN(CCCCCCCCO)CC1. The Hall–Kier alpha value is -0.120. The molecule has 0 unspecified atom stereocenters. The second kappa shape index (κ2) is 8.97. The van der Waals surface area contributed by atoms with Crippen molar-refractivity contribution in [2.75, 3.05) is 46.4 Å². The predicted octanol–water partition coefficient (Wildman–Crippen LogP) is 1.57. The summed E-state index contributed by atoms with van der Waals surface area (Å²) < 4.78 is 0. The Kier molecular flexibility index (Phi) is 7.81. The van der Waals surface area contributed by atoms with Crippen LogP contribution >= 0.6 is 0 Å². The number of hydrogen-bond donors (Lipinski definition) is 1. The van der Waals surface area contributed by atoms with Gasteiger partial charge in [-0.1, -0.05) is 25.7 Å². The molecule has 0 saturated carbocycles. The quantitative estimate of drug-likeness (QED) is 0.639. The molecule has 96 valence electrons. The van der Waals surface area contributed by atoms with Crippen LogP contribution in [0, 0.1) is 0 Å². The average molecular weight is 228 g/mol. The minimum Gasteiger partial charge on any atom is -0.396 e. The molecule has 0 aromatic carbocycles. The minimum absolute atomic E-state index is 0.362. The van der Waals surface area contributed by atoms with E-state index in [1.807, 2.05) is 0 Å². The predicted molar refractivity (Wildman–Crippen MR) is 68.7 cm³/mol. The average Bonchev–Trinajstić information content (AvgIpc) is 2.30. The summed E-state index contributed by atoms with van der Waals surface area (Å²) in [6.07, 6.45) is 7.53. The summed E-state index contributed by atoms with van der Waals surface area (Å²) in [5, 5.41) is 8.65. The van der Waals surface area contributed by atoms with Crippen LogP contribution in [-0.2, 0) is 0 Å². The lowest BCUT2D eigenvalue weighted by atomic mass is 10.1. The first-order chi connectivity index (χ1) is 7.83. The van der Waals surface area contributed by atoms with E-state index in [0.29, 0.717) is 6.61 Å². The first-order valence-electron chi connectivity index (χ1n) is 6.84. The third-order valence-corrected chi connectivity index (χ3v) is 3.48. The molecule has 1 aliphatic rings. The molecule has 0 atom stereocenters. The molecule has 1 rings (SSSR count). The van der Waals surface area contributed by atoms with E-state index in [9.17, 15) is 0 Å². The number of aliphatic hydroxyl groups is 1. The Morgan fingerprint density at radius 1 is 0.812 bits per heavy atom. The second-order valence-electron chi connectivity index (χ2n) is 4.99. The van der Waals surface area contributed by atoms with E-state index in [-0.39, 0.29) is 0 Å². The molecule has 0 amide bonds. The van der Waals surface area contributed by atoms with Crippen LogP contribution in [0.3, 0.4) is 0 Å². The standard InChI is InChI=1S/C13H28N2O/c1-14-9-11-15(12-10-14)8-6-4-2-3-5-7-13-16/h16H,2-13H2,1H3. The monoisotopic (exact) mass is 228 g/mol. The van der Waals surface area contributed by atoms with Gasteiger partial charge in [0.05, 0.1) is 0 Å². The number of hydrogen-bond acceptors (Lipinski definition) is 3. The lowest BCUT2D eigenvalue weighted by molar-refractivity contribution is 0.152. The first kappa shape index (κ1) is 13.9. The van der Waals surface area contributed by atoms with Crippen molar-refractivity contribution in [3.05, 3.63) is 0 Å². The van der Waals surface area contributed by atoms with Gasteiger partial charge >= 0.3 is 0 Å². The van der Waals surface area contributed by atoms with Crippen molar-refractivity contribution in [3.63, 3.8) is 0 Å². The molecule has 0 spiro atoms. The molecule has 1 heterocycles. The number of likely N-dealkylation sites (N-methyl/N-ethyl adjacent to an activating group) is 1. The summed E-state index contributed by atoms with van der Waals surface area (Å²) in [5.41, 5.74) is 0. The van der Waals surface area contributed by atoms with Crippen LogP contribution in [-0.4, -0.2) is 61.3 Å². The van der Waals surface area contributed by atoms with Crippen LogP contribution < -0.4 is 0 Å². The summed E-state index contributed by atoms with van der Waals surface area (Å²) >= 11 is 0. The molecular weight excluding hydrogens is 200 g/mol. The van der Waals surface area contributed by atoms with Crippen LogP contribution in [0.25, 0.3) is 0 Å². The lowest BCUT2D eigenvalue weighted by Gasteiger charge is -2.32. The maximum atomic E-state index is 8.65. The second-order valence-corrected chi connectivity index (χ2v) is 4.99. The first-order valence-corrected chi connectivity index (χ1v) is 6.84. The number of aliphatic hydroxyl groups excluding tert-OH is 1. The molecule has 1 N–H and O–H groups in total. The number of nitrogens with zero attached hydrogens (tertiary/aromatic N) is 2. The molecule has 3 heteroatoms. The molecule has 0 bridgehead atoms. The van der Waals surface area contributed by atoms with E-state index < -0.39 is 0 Å². The Bertz CT molecular complexity index is 156. The normalized spacial score (nSPS) is 19.1. The molecule has 0 radical (unpaired) electrons. The zero-order valence-corrected chi connectivity index (χ0v) is 10.8. The van der Waals surface area contributed by atoms with Gasteiger partial charge in [-0.3, -0.25) is 0 Å². The van der Waals surface area contributed by atoms with Crippen molar-refractivity contribution in [1.29, 1.82) is 0 Å². The van der Waals surface area contributed by atoms with E-state index >= 15 is 0 Å². The Labute approximate surface area is 100 Å². The third kappa shape index (κ3) is 6.46. The molecule has 0 aliphatic carbocycles. The Balaban J connectivity index is 1.84. The van der Waals surface area contributed by atoms with Gasteiger partial charge in [-0.2, -0.15) is 0 Å².